The quantitative estimate of drug-likeness (QED) is 0.731. The van der Waals surface area contributed by atoms with E-state index in [4.69, 9.17) is 0 Å². The Balaban J connectivity index is 2.04. The highest BCUT2D eigenvalue weighted by molar-refractivity contribution is 5.96. The summed E-state index contributed by atoms with van der Waals surface area (Å²) in [4.78, 5) is 38.0. The fraction of sp³-hybridized carbons (Fsp3) is 0.190. The molecule has 27 heavy (non-hydrogen) atoms. The molecule has 6 nitrogen and oxygen atoms in total. The Bertz CT molecular complexity index is 888. The van der Waals surface area contributed by atoms with Gasteiger partial charge in [0.05, 0.1) is 0 Å². The summed E-state index contributed by atoms with van der Waals surface area (Å²) >= 11 is 0. The lowest BCUT2D eigenvalue weighted by atomic mass is 10.1. The lowest BCUT2D eigenvalue weighted by Crippen LogP contribution is -2.31. The number of nitrogens with zero attached hydrogens (tertiary/aromatic N) is 2. The summed E-state index contributed by atoms with van der Waals surface area (Å²) in [7, 11) is 0. The second-order valence-electron chi connectivity index (χ2n) is 6.09. The Morgan fingerprint density at radius 3 is 2.30 bits per heavy atom. The summed E-state index contributed by atoms with van der Waals surface area (Å²) in [6.45, 7) is 9.93. The van der Waals surface area contributed by atoms with Gasteiger partial charge in [-0.25, -0.2) is 0 Å². The van der Waals surface area contributed by atoms with Crippen LogP contribution in [0, 0.1) is 6.92 Å². The Morgan fingerprint density at radius 2 is 1.70 bits per heavy atom. The molecule has 0 saturated carbocycles. The zero-order valence-corrected chi connectivity index (χ0v) is 15.4. The Morgan fingerprint density at radius 1 is 1.07 bits per heavy atom. The van der Waals surface area contributed by atoms with Gasteiger partial charge in [0.25, 0.3) is 11.5 Å². The molecule has 1 N–H and O–H groups in total. The van der Waals surface area contributed by atoms with Crippen molar-refractivity contribution in [2.45, 2.75) is 13.5 Å². The van der Waals surface area contributed by atoms with Gasteiger partial charge in [0.2, 0.25) is 5.91 Å². The molecule has 0 radical (unpaired) electrons. The van der Waals surface area contributed by atoms with E-state index < -0.39 is 0 Å². The fourth-order valence-corrected chi connectivity index (χ4v) is 2.56. The predicted molar refractivity (Wildman–Crippen MR) is 107 cm³/mol. The monoisotopic (exact) mass is 365 g/mol. The number of amides is 2. The van der Waals surface area contributed by atoms with Crippen molar-refractivity contribution >= 4 is 17.5 Å². The van der Waals surface area contributed by atoms with E-state index in [2.05, 4.69) is 18.5 Å². The molecule has 0 atom stereocenters. The normalized spacial score (nSPS) is 10.1. The van der Waals surface area contributed by atoms with Crippen LogP contribution >= 0.6 is 0 Å². The van der Waals surface area contributed by atoms with Crippen molar-refractivity contribution in [1.29, 1.82) is 0 Å². The predicted octanol–water partition coefficient (Wildman–Crippen LogP) is 2.61. The molecule has 140 valence electrons. The van der Waals surface area contributed by atoms with Crippen molar-refractivity contribution in [1.82, 2.24) is 9.47 Å². The minimum absolute atomic E-state index is 0.0758. The molecule has 1 aromatic carbocycles. The molecule has 2 amide bonds. The third kappa shape index (κ3) is 5.54. The molecule has 0 fully saturated rings. The molecule has 0 aliphatic heterocycles. The van der Waals surface area contributed by atoms with Crippen molar-refractivity contribution in [3.05, 3.63) is 89.4 Å². The van der Waals surface area contributed by atoms with E-state index in [1.807, 2.05) is 6.92 Å². The van der Waals surface area contributed by atoms with Crippen LogP contribution in [0.4, 0.5) is 5.69 Å². The molecule has 0 aliphatic rings. The Labute approximate surface area is 158 Å². The number of benzene rings is 1. The average Bonchev–Trinajstić information content (AvgIpc) is 2.64. The third-order valence-corrected chi connectivity index (χ3v) is 3.85. The first-order valence-electron chi connectivity index (χ1n) is 8.52. The minimum atomic E-state index is -0.318. The Kier molecular flexibility index (Phi) is 6.88. The maximum atomic E-state index is 12.5. The zero-order chi connectivity index (χ0) is 19.8. The summed E-state index contributed by atoms with van der Waals surface area (Å²) in [6, 6.07) is 9.75. The van der Waals surface area contributed by atoms with Gasteiger partial charge in [-0.1, -0.05) is 18.2 Å². The standard InChI is InChI=1S/C21H23N3O3/c1-4-12-23(13-5-2)21(27)17-7-9-18(10-8-17)22-19(25)15-24-14-16(3)6-11-20(24)26/h4-11,14H,1-2,12-13,15H2,3H3,(H,22,25). The van der Waals surface area contributed by atoms with Gasteiger partial charge in [-0.15, -0.1) is 13.2 Å². The van der Waals surface area contributed by atoms with Gasteiger partial charge >= 0.3 is 0 Å². The Hall–Kier alpha value is -3.41. The number of rotatable bonds is 8. The van der Waals surface area contributed by atoms with Crippen LogP contribution < -0.4 is 10.9 Å². The van der Waals surface area contributed by atoms with Crippen LogP contribution in [0.1, 0.15) is 15.9 Å². The number of anilines is 1. The van der Waals surface area contributed by atoms with Crippen LogP contribution in [-0.2, 0) is 11.3 Å². The van der Waals surface area contributed by atoms with Crippen molar-refractivity contribution < 1.29 is 9.59 Å². The average molecular weight is 365 g/mol. The summed E-state index contributed by atoms with van der Waals surface area (Å²) in [5, 5.41) is 2.73. The summed E-state index contributed by atoms with van der Waals surface area (Å²) in [5.41, 5.74) is 1.72. The van der Waals surface area contributed by atoms with Gasteiger partial charge in [0.15, 0.2) is 0 Å². The van der Waals surface area contributed by atoms with Gasteiger partial charge in [0.1, 0.15) is 6.54 Å². The van der Waals surface area contributed by atoms with E-state index in [0.717, 1.165) is 5.56 Å². The van der Waals surface area contributed by atoms with Crippen LogP contribution in [0.25, 0.3) is 0 Å². The fourth-order valence-electron chi connectivity index (χ4n) is 2.56. The van der Waals surface area contributed by atoms with E-state index in [-0.39, 0.29) is 23.9 Å². The first-order valence-corrected chi connectivity index (χ1v) is 8.52. The highest BCUT2D eigenvalue weighted by Gasteiger charge is 2.13. The van der Waals surface area contributed by atoms with E-state index in [1.54, 1.807) is 53.6 Å². The largest absolute Gasteiger partial charge is 0.331 e. The second-order valence-corrected chi connectivity index (χ2v) is 6.09. The maximum absolute atomic E-state index is 12.5. The van der Waals surface area contributed by atoms with Crippen LogP contribution in [-0.4, -0.2) is 34.4 Å². The van der Waals surface area contributed by atoms with E-state index >= 15 is 0 Å². The number of nitrogens with one attached hydrogen (secondary N) is 1. The van der Waals surface area contributed by atoms with Crippen LogP contribution in [0.5, 0.6) is 0 Å². The first kappa shape index (κ1) is 19.9. The lowest BCUT2D eigenvalue weighted by molar-refractivity contribution is -0.116. The molecule has 0 aliphatic carbocycles. The van der Waals surface area contributed by atoms with Crippen LogP contribution in [0.15, 0.2) is 72.7 Å². The van der Waals surface area contributed by atoms with Crippen molar-refractivity contribution in [3.63, 3.8) is 0 Å². The number of aromatic nitrogens is 1. The minimum Gasteiger partial charge on any atom is -0.331 e. The van der Waals surface area contributed by atoms with E-state index in [9.17, 15) is 14.4 Å². The number of carbonyl (C=O) groups excluding carboxylic acids is 2. The molecule has 6 heteroatoms. The molecule has 0 bridgehead atoms. The molecule has 0 unspecified atom stereocenters. The number of hydrogen-bond acceptors (Lipinski definition) is 3. The van der Waals surface area contributed by atoms with Crippen molar-refractivity contribution in [2.75, 3.05) is 18.4 Å². The molecule has 2 rings (SSSR count). The van der Waals surface area contributed by atoms with Crippen LogP contribution in [0.3, 0.4) is 0 Å². The molecule has 0 saturated heterocycles. The van der Waals surface area contributed by atoms with E-state index in [0.29, 0.717) is 24.3 Å². The first-order chi connectivity index (χ1) is 12.9. The number of carbonyl (C=O) groups is 2. The summed E-state index contributed by atoms with van der Waals surface area (Å²) in [5.74, 6) is -0.458. The molecule has 1 heterocycles. The molecule has 0 spiro atoms. The lowest BCUT2D eigenvalue weighted by Gasteiger charge is -2.19. The SMILES string of the molecule is C=CCN(CC=C)C(=O)c1ccc(NC(=O)Cn2cc(C)ccc2=O)cc1. The van der Waals surface area contributed by atoms with Gasteiger partial charge in [-0.2, -0.15) is 0 Å². The zero-order valence-electron chi connectivity index (χ0n) is 15.4. The highest BCUT2D eigenvalue weighted by atomic mass is 16.2. The molecule has 2 aromatic rings. The smallest absolute Gasteiger partial charge is 0.254 e. The maximum Gasteiger partial charge on any atom is 0.254 e. The van der Waals surface area contributed by atoms with Crippen molar-refractivity contribution in [2.24, 2.45) is 0 Å². The third-order valence-electron chi connectivity index (χ3n) is 3.85. The second kappa shape index (κ2) is 9.33. The van der Waals surface area contributed by atoms with Gasteiger partial charge < -0.3 is 14.8 Å². The van der Waals surface area contributed by atoms with E-state index in [1.165, 1.54) is 10.6 Å². The summed E-state index contributed by atoms with van der Waals surface area (Å²) in [6.07, 6.45) is 4.95. The van der Waals surface area contributed by atoms with Gasteiger partial charge in [0, 0.05) is 36.6 Å². The summed E-state index contributed by atoms with van der Waals surface area (Å²) < 4.78 is 1.35. The number of hydrogen-bond donors (Lipinski definition) is 1. The molecular weight excluding hydrogens is 342 g/mol. The molecular formula is C21H23N3O3. The molecule has 1 aromatic heterocycles. The number of pyridine rings is 1. The number of aryl methyl sites for hydroxylation is 1. The highest BCUT2D eigenvalue weighted by Crippen LogP contribution is 2.12. The van der Waals surface area contributed by atoms with Gasteiger partial charge in [-0.3, -0.25) is 14.4 Å². The van der Waals surface area contributed by atoms with Crippen molar-refractivity contribution in [3.8, 4) is 0 Å². The topological polar surface area (TPSA) is 71.4 Å². The van der Waals surface area contributed by atoms with Gasteiger partial charge in [-0.05, 0) is 36.8 Å². The van der Waals surface area contributed by atoms with Crippen LogP contribution in [0.2, 0.25) is 0 Å².